The molecule has 2 heterocycles. The van der Waals surface area contributed by atoms with Gasteiger partial charge in [-0.05, 0) is 49.1 Å². The van der Waals surface area contributed by atoms with Crippen LogP contribution >= 0.6 is 34.4 Å². The van der Waals surface area contributed by atoms with Crippen molar-refractivity contribution < 1.29 is 13.2 Å². The van der Waals surface area contributed by atoms with Crippen LogP contribution in [0.15, 0.2) is 45.6 Å². The number of nitrogens with one attached hydrogen (secondary N) is 1. The Balaban J connectivity index is 1.53. The number of fused-ring (bicyclic) bond motifs is 3. The highest BCUT2D eigenvalue weighted by atomic mass is 32.2. The first-order valence-corrected chi connectivity index (χ1v) is 14.8. The molecule has 0 unspecified atom stereocenters. The molecule has 0 aliphatic carbocycles. The van der Waals surface area contributed by atoms with Gasteiger partial charge in [-0.2, -0.15) is 4.31 Å². The van der Waals surface area contributed by atoms with Crippen LogP contribution in [0.1, 0.15) is 37.0 Å². The first-order valence-electron chi connectivity index (χ1n) is 10.5. The number of unbranched alkanes of at least 4 members (excludes halogenated alkanes) is 1. The number of carbonyl (C=O) groups is 1. The zero-order chi connectivity index (χ0) is 23.6. The Hall–Kier alpha value is -2.05. The molecule has 0 aliphatic rings. The summed E-state index contributed by atoms with van der Waals surface area (Å²) in [5.74, 6) is -0.332. The lowest BCUT2D eigenvalue weighted by Crippen LogP contribution is -2.31. The predicted molar refractivity (Wildman–Crippen MR) is 138 cm³/mol. The van der Waals surface area contributed by atoms with Crippen LogP contribution in [0.25, 0.3) is 20.4 Å². The Labute approximate surface area is 205 Å². The number of amides is 1. The topological polar surface area (TPSA) is 92.3 Å². The van der Waals surface area contributed by atoms with Crippen LogP contribution in [-0.4, -0.2) is 47.9 Å². The molecule has 2 aromatic carbocycles. The molecule has 0 spiro atoms. The summed E-state index contributed by atoms with van der Waals surface area (Å²) < 4.78 is 30.3. The van der Waals surface area contributed by atoms with Crippen molar-refractivity contribution in [2.45, 2.75) is 35.9 Å². The number of rotatable bonds is 9. The lowest BCUT2D eigenvalue weighted by molar-refractivity contribution is 0.102. The number of aromatic nitrogens is 2. The summed E-state index contributed by atoms with van der Waals surface area (Å²) in [4.78, 5) is 22.1. The van der Waals surface area contributed by atoms with E-state index < -0.39 is 10.0 Å². The molecular formula is C22H24N4O3S4. The molecule has 11 heteroatoms. The highest BCUT2D eigenvalue weighted by molar-refractivity contribution is 8.00. The van der Waals surface area contributed by atoms with Gasteiger partial charge in [0.05, 0.1) is 25.3 Å². The molecule has 0 bridgehead atoms. The van der Waals surface area contributed by atoms with E-state index in [9.17, 15) is 13.2 Å². The smallest absolute Gasteiger partial charge is 0.257 e. The van der Waals surface area contributed by atoms with Crippen molar-refractivity contribution in [3.8, 4) is 0 Å². The Kier molecular flexibility index (Phi) is 7.34. The summed E-state index contributed by atoms with van der Waals surface area (Å²) >= 11 is 4.63. The number of hydrogen-bond donors (Lipinski definition) is 1. The van der Waals surface area contributed by atoms with Crippen molar-refractivity contribution in [3.05, 3.63) is 42.0 Å². The molecule has 0 radical (unpaired) electrons. The minimum Gasteiger partial charge on any atom is -0.298 e. The van der Waals surface area contributed by atoms with Gasteiger partial charge >= 0.3 is 0 Å². The number of sulfonamides is 1. The maximum Gasteiger partial charge on any atom is 0.257 e. The van der Waals surface area contributed by atoms with E-state index in [1.54, 1.807) is 23.1 Å². The molecule has 7 nitrogen and oxygen atoms in total. The van der Waals surface area contributed by atoms with E-state index in [0.717, 1.165) is 37.6 Å². The van der Waals surface area contributed by atoms with E-state index >= 15 is 0 Å². The van der Waals surface area contributed by atoms with Gasteiger partial charge in [0.25, 0.3) is 5.91 Å². The van der Waals surface area contributed by atoms with Crippen LogP contribution in [0.3, 0.4) is 0 Å². The second kappa shape index (κ2) is 10.1. The molecule has 4 rings (SSSR count). The summed E-state index contributed by atoms with van der Waals surface area (Å²) in [6.45, 7) is 4.75. The van der Waals surface area contributed by atoms with E-state index in [0.29, 0.717) is 23.8 Å². The molecule has 4 aromatic rings. The first kappa shape index (κ1) is 24.1. The maximum absolute atomic E-state index is 12.9. The number of benzene rings is 2. The van der Waals surface area contributed by atoms with Crippen LogP contribution in [0.2, 0.25) is 0 Å². The largest absolute Gasteiger partial charge is 0.298 e. The van der Waals surface area contributed by atoms with Crippen molar-refractivity contribution in [2.24, 2.45) is 0 Å². The minimum atomic E-state index is -3.58. The summed E-state index contributed by atoms with van der Waals surface area (Å²) in [6.07, 6.45) is 3.72. The molecule has 1 amide bonds. The molecule has 1 N–H and O–H groups in total. The maximum atomic E-state index is 12.9. The zero-order valence-corrected chi connectivity index (χ0v) is 21.8. The van der Waals surface area contributed by atoms with Crippen molar-refractivity contribution in [1.29, 1.82) is 0 Å². The molecule has 0 saturated carbocycles. The highest BCUT2D eigenvalue weighted by Gasteiger charge is 2.23. The quantitative estimate of drug-likeness (QED) is 0.285. The van der Waals surface area contributed by atoms with Gasteiger partial charge in [0.15, 0.2) is 9.47 Å². The van der Waals surface area contributed by atoms with Gasteiger partial charge in [0.2, 0.25) is 10.0 Å². The average molecular weight is 521 g/mol. The molecule has 2 aromatic heterocycles. The van der Waals surface area contributed by atoms with Gasteiger partial charge in [-0.25, -0.2) is 18.4 Å². The van der Waals surface area contributed by atoms with E-state index in [4.69, 9.17) is 0 Å². The number of nitrogens with zero attached hydrogens (tertiary/aromatic N) is 3. The van der Waals surface area contributed by atoms with Crippen LogP contribution < -0.4 is 5.32 Å². The molecule has 0 atom stereocenters. The number of carbonyl (C=O) groups excluding carboxylic acids is 1. The van der Waals surface area contributed by atoms with Gasteiger partial charge in [-0.15, -0.1) is 11.3 Å². The Bertz CT molecular complexity index is 1390. The van der Waals surface area contributed by atoms with Gasteiger partial charge in [0, 0.05) is 18.7 Å². The van der Waals surface area contributed by atoms with Crippen LogP contribution in [-0.2, 0) is 10.0 Å². The summed E-state index contributed by atoms with van der Waals surface area (Å²) in [5, 5.41) is 3.34. The third-order valence-corrected chi connectivity index (χ3v) is 10.4. The van der Waals surface area contributed by atoms with E-state index in [1.165, 1.54) is 39.9 Å². The normalized spacial score (nSPS) is 12.1. The molecule has 33 heavy (non-hydrogen) atoms. The number of thioether (sulfide) groups is 1. The lowest BCUT2D eigenvalue weighted by atomic mass is 10.2. The number of anilines is 1. The molecule has 0 saturated heterocycles. The summed E-state index contributed by atoms with van der Waals surface area (Å²) in [6, 6.07) is 9.90. The molecule has 0 aliphatic heterocycles. The fourth-order valence-corrected chi connectivity index (χ4v) is 7.51. The van der Waals surface area contributed by atoms with Crippen molar-refractivity contribution in [2.75, 3.05) is 24.7 Å². The average Bonchev–Trinajstić information content (AvgIpc) is 3.42. The fourth-order valence-electron chi connectivity index (χ4n) is 3.37. The van der Waals surface area contributed by atoms with Crippen LogP contribution in [0.4, 0.5) is 5.13 Å². The standard InChI is InChI=1S/C22H24N4O3S4/c1-4-6-13-26(5-2)33(28,29)15-9-7-14(8-10-15)20(27)25-21-23-16-11-12-17-19(18(16)31-21)32-22(24-17)30-3/h7-12H,4-6,13H2,1-3H3,(H,23,25,27). The monoisotopic (exact) mass is 520 g/mol. The van der Waals surface area contributed by atoms with Gasteiger partial charge in [-0.3, -0.25) is 10.1 Å². The Morgan fingerprint density at radius 2 is 1.70 bits per heavy atom. The first-order chi connectivity index (χ1) is 15.9. The van der Waals surface area contributed by atoms with Crippen molar-refractivity contribution in [1.82, 2.24) is 14.3 Å². The van der Waals surface area contributed by atoms with E-state index in [-0.39, 0.29) is 10.8 Å². The number of hydrogen-bond acceptors (Lipinski definition) is 8. The van der Waals surface area contributed by atoms with Crippen molar-refractivity contribution >= 4 is 75.9 Å². The minimum absolute atomic E-state index is 0.189. The summed E-state index contributed by atoms with van der Waals surface area (Å²) in [5.41, 5.74) is 2.11. The fraction of sp³-hybridized carbons (Fsp3) is 0.318. The molecular weight excluding hydrogens is 497 g/mol. The molecule has 0 fully saturated rings. The third kappa shape index (κ3) is 4.92. The molecule has 174 valence electrons. The van der Waals surface area contributed by atoms with E-state index in [2.05, 4.69) is 15.3 Å². The predicted octanol–water partition coefficient (Wildman–Crippen LogP) is 5.69. The highest BCUT2D eigenvalue weighted by Crippen LogP contribution is 2.38. The van der Waals surface area contributed by atoms with Gasteiger partial charge in [0.1, 0.15) is 0 Å². The Morgan fingerprint density at radius 3 is 2.33 bits per heavy atom. The SMILES string of the molecule is CCCCN(CC)S(=O)(=O)c1ccc(C(=O)Nc2nc3ccc4nc(SC)sc4c3s2)cc1. The van der Waals surface area contributed by atoms with E-state index in [1.807, 2.05) is 32.2 Å². The second-order valence-corrected chi connectivity index (χ2v) is 12.3. The number of thiazole rings is 2. The van der Waals surface area contributed by atoms with Crippen LogP contribution in [0.5, 0.6) is 0 Å². The van der Waals surface area contributed by atoms with Gasteiger partial charge in [-0.1, -0.05) is 43.4 Å². The second-order valence-electron chi connectivity index (χ2n) is 7.29. The van der Waals surface area contributed by atoms with Crippen molar-refractivity contribution in [3.63, 3.8) is 0 Å². The zero-order valence-electron chi connectivity index (χ0n) is 18.5. The third-order valence-electron chi connectivity index (χ3n) is 5.16. The van der Waals surface area contributed by atoms with Gasteiger partial charge < -0.3 is 0 Å². The summed E-state index contributed by atoms with van der Waals surface area (Å²) in [7, 11) is -3.58. The van der Waals surface area contributed by atoms with Crippen LogP contribution in [0, 0.1) is 0 Å². The Morgan fingerprint density at radius 1 is 1.03 bits per heavy atom. The lowest BCUT2D eigenvalue weighted by Gasteiger charge is -2.20.